The number of phenolic OH excluding ortho intramolecular Hbond substituents is 1. The van der Waals surface area contributed by atoms with Gasteiger partial charge in [0.25, 0.3) is 0 Å². The number of carbonyl (C=O) groups is 4. The van der Waals surface area contributed by atoms with Crippen LogP contribution in [0.5, 0.6) is 5.75 Å². The molecule has 0 unspecified atom stereocenters. The second kappa shape index (κ2) is 6.92. The first kappa shape index (κ1) is 19.3. The van der Waals surface area contributed by atoms with Gasteiger partial charge in [0.15, 0.2) is 5.75 Å². The van der Waals surface area contributed by atoms with E-state index >= 15 is 0 Å². The van der Waals surface area contributed by atoms with Crippen LogP contribution in [0.15, 0.2) is 17.1 Å². The van der Waals surface area contributed by atoms with Crippen molar-refractivity contribution in [2.45, 2.75) is 6.42 Å². The lowest BCUT2D eigenvalue weighted by Crippen LogP contribution is -2.07. The van der Waals surface area contributed by atoms with Gasteiger partial charge in [-0.3, -0.25) is 9.79 Å². The first-order chi connectivity index (χ1) is 13.6. The number of fused-ring (bicyclic) bond motifs is 3. The van der Waals surface area contributed by atoms with E-state index in [1.165, 1.54) is 0 Å². The third-order valence-electron chi connectivity index (χ3n) is 3.96. The summed E-state index contributed by atoms with van der Waals surface area (Å²) in [7, 11) is 0. The molecule has 1 aromatic carbocycles. The van der Waals surface area contributed by atoms with Crippen molar-refractivity contribution in [1.29, 1.82) is 0 Å². The minimum absolute atomic E-state index is 0.142. The van der Waals surface area contributed by atoms with Crippen LogP contribution in [0.4, 0.5) is 5.69 Å². The van der Waals surface area contributed by atoms with Gasteiger partial charge in [0.05, 0.1) is 23.0 Å². The molecule has 0 fully saturated rings. The summed E-state index contributed by atoms with van der Waals surface area (Å²) in [6.45, 7) is 0. The Hall–Kier alpha value is -4.48. The highest BCUT2D eigenvalue weighted by atomic mass is 16.4. The highest BCUT2D eigenvalue weighted by Crippen LogP contribution is 2.43. The lowest BCUT2D eigenvalue weighted by atomic mass is 10.0. The normalized spacial score (nSPS) is 11.3. The van der Waals surface area contributed by atoms with Gasteiger partial charge in [0, 0.05) is 17.0 Å². The summed E-state index contributed by atoms with van der Waals surface area (Å²) in [6, 6.07) is 1.82. The molecule has 0 atom stereocenters. The molecule has 29 heavy (non-hydrogen) atoms. The van der Waals surface area contributed by atoms with Gasteiger partial charge in [-0.2, -0.15) is 0 Å². The molecule has 3 rings (SSSR count). The second-order valence-corrected chi connectivity index (χ2v) is 5.77. The molecule has 0 aliphatic carbocycles. The van der Waals surface area contributed by atoms with Crippen molar-refractivity contribution in [3.63, 3.8) is 0 Å². The SMILES string of the molecule is O=C(O)CC=Nc1c(O)c2cc(C(=O)O)nc2c2c(C(=O)O)cc(C(=O)O)[nH]c12. The molecule has 0 aliphatic rings. The van der Waals surface area contributed by atoms with E-state index in [-0.39, 0.29) is 27.5 Å². The maximum Gasteiger partial charge on any atom is 0.354 e. The lowest BCUT2D eigenvalue weighted by Gasteiger charge is -2.11. The molecule has 0 radical (unpaired) electrons. The first-order valence-electron chi connectivity index (χ1n) is 7.78. The molecule has 2 aromatic heterocycles. The maximum absolute atomic E-state index is 11.7. The number of aliphatic carboxylic acids is 1. The van der Waals surface area contributed by atoms with Crippen molar-refractivity contribution in [2.24, 2.45) is 4.99 Å². The van der Waals surface area contributed by atoms with Gasteiger partial charge in [0.1, 0.15) is 17.1 Å². The average Bonchev–Trinajstić information content (AvgIpc) is 3.09. The van der Waals surface area contributed by atoms with Gasteiger partial charge in [-0.25, -0.2) is 19.4 Å². The van der Waals surface area contributed by atoms with Crippen LogP contribution in [-0.2, 0) is 4.79 Å². The Kier molecular flexibility index (Phi) is 4.60. The Bertz CT molecular complexity index is 1260. The van der Waals surface area contributed by atoms with Crippen molar-refractivity contribution >= 4 is 57.6 Å². The average molecular weight is 401 g/mol. The topological polar surface area (TPSA) is 210 Å². The minimum Gasteiger partial charge on any atom is -0.505 e. The molecule has 3 aromatic rings. The molecule has 0 bridgehead atoms. The summed E-state index contributed by atoms with van der Waals surface area (Å²) in [6.07, 6.45) is 0.377. The molecule has 148 valence electrons. The van der Waals surface area contributed by atoms with Crippen molar-refractivity contribution in [3.05, 3.63) is 29.1 Å². The molecule has 0 saturated carbocycles. The predicted molar refractivity (Wildman–Crippen MR) is 96.5 cm³/mol. The Morgan fingerprint density at radius 3 is 2.28 bits per heavy atom. The Morgan fingerprint density at radius 2 is 1.72 bits per heavy atom. The van der Waals surface area contributed by atoms with Crippen LogP contribution in [0, 0.1) is 0 Å². The molecule has 0 spiro atoms. The number of pyridine rings is 1. The molecule has 0 aliphatic heterocycles. The molecular weight excluding hydrogens is 390 g/mol. The number of aromatic amines is 1. The number of rotatable bonds is 6. The lowest BCUT2D eigenvalue weighted by molar-refractivity contribution is -0.135. The molecular formula is C17H11N3O9. The van der Waals surface area contributed by atoms with Crippen LogP contribution in [-0.4, -0.2) is 65.6 Å². The van der Waals surface area contributed by atoms with E-state index < -0.39 is 53.0 Å². The molecule has 6 N–H and O–H groups in total. The Morgan fingerprint density at radius 1 is 1.03 bits per heavy atom. The molecule has 0 amide bonds. The van der Waals surface area contributed by atoms with Crippen LogP contribution in [0.2, 0.25) is 0 Å². The number of nitrogens with zero attached hydrogens (tertiary/aromatic N) is 2. The number of aromatic nitrogens is 2. The Balaban J connectivity index is 2.54. The van der Waals surface area contributed by atoms with Crippen LogP contribution in [0.1, 0.15) is 37.8 Å². The number of carboxylic acids is 4. The number of carboxylic acid groups (broad SMARTS) is 4. The van der Waals surface area contributed by atoms with Gasteiger partial charge in [-0.1, -0.05) is 0 Å². The van der Waals surface area contributed by atoms with Gasteiger partial charge in [-0.15, -0.1) is 0 Å². The summed E-state index contributed by atoms with van der Waals surface area (Å²) in [5, 5.41) is 47.0. The van der Waals surface area contributed by atoms with E-state index in [1.54, 1.807) is 0 Å². The number of hydrogen-bond acceptors (Lipinski definition) is 7. The maximum atomic E-state index is 11.7. The van der Waals surface area contributed by atoms with E-state index in [9.17, 15) is 39.6 Å². The van der Waals surface area contributed by atoms with Crippen LogP contribution < -0.4 is 0 Å². The van der Waals surface area contributed by atoms with Crippen LogP contribution >= 0.6 is 0 Å². The van der Waals surface area contributed by atoms with E-state index in [0.29, 0.717) is 0 Å². The third-order valence-corrected chi connectivity index (χ3v) is 3.96. The zero-order chi connectivity index (χ0) is 21.5. The fourth-order valence-corrected chi connectivity index (χ4v) is 2.78. The highest BCUT2D eigenvalue weighted by molar-refractivity contribution is 6.21. The summed E-state index contributed by atoms with van der Waals surface area (Å²) in [5.41, 5.74) is -2.37. The molecule has 12 heteroatoms. The summed E-state index contributed by atoms with van der Waals surface area (Å²) >= 11 is 0. The molecule has 0 saturated heterocycles. The van der Waals surface area contributed by atoms with E-state index in [1.807, 2.05) is 0 Å². The van der Waals surface area contributed by atoms with Gasteiger partial charge < -0.3 is 30.5 Å². The first-order valence-corrected chi connectivity index (χ1v) is 7.78. The fourth-order valence-electron chi connectivity index (χ4n) is 2.78. The number of benzene rings is 1. The zero-order valence-electron chi connectivity index (χ0n) is 14.2. The monoisotopic (exact) mass is 401 g/mol. The summed E-state index contributed by atoms with van der Waals surface area (Å²) in [4.78, 5) is 55.2. The smallest absolute Gasteiger partial charge is 0.354 e. The third kappa shape index (κ3) is 3.29. The summed E-state index contributed by atoms with van der Waals surface area (Å²) < 4.78 is 0. The molecule has 2 heterocycles. The standard InChI is InChI=1S/C17H11N3O9/c21-9(22)1-2-18-13-12-10(5(15(24)25)3-7(20-12)16(26)27)11-6(14(13)23)4-8(19-11)17(28)29/h2-4,20,23H,1H2,(H,21,22)(H,24,25)(H,26,27)(H,28,29). The number of H-pyrrole nitrogens is 1. The van der Waals surface area contributed by atoms with Gasteiger partial charge in [-0.05, 0) is 12.1 Å². The van der Waals surface area contributed by atoms with E-state index in [2.05, 4.69) is 15.0 Å². The number of aliphatic imine (C=N–C) groups is 1. The van der Waals surface area contributed by atoms with Gasteiger partial charge >= 0.3 is 23.9 Å². The quantitative estimate of drug-likeness (QED) is 0.329. The fraction of sp³-hybridized carbons (Fsp3) is 0.0588. The number of phenols is 1. The number of nitrogens with one attached hydrogen (secondary N) is 1. The number of aromatic hydroxyl groups is 1. The van der Waals surface area contributed by atoms with E-state index in [4.69, 9.17) is 5.11 Å². The Labute approximate surface area is 159 Å². The van der Waals surface area contributed by atoms with Crippen LogP contribution in [0.3, 0.4) is 0 Å². The van der Waals surface area contributed by atoms with E-state index in [0.717, 1.165) is 18.3 Å². The molecule has 12 nitrogen and oxygen atoms in total. The largest absolute Gasteiger partial charge is 0.505 e. The van der Waals surface area contributed by atoms with Crippen molar-refractivity contribution in [1.82, 2.24) is 9.97 Å². The predicted octanol–water partition coefficient (Wildman–Crippen LogP) is 1.69. The van der Waals surface area contributed by atoms with Gasteiger partial charge in [0.2, 0.25) is 0 Å². The zero-order valence-corrected chi connectivity index (χ0v) is 14.2. The number of aromatic carboxylic acids is 3. The number of hydrogen-bond donors (Lipinski definition) is 6. The van der Waals surface area contributed by atoms with Crippen molar-refractivity contribution in [3.8, 4) is 5.75 Å². The van der Waals surface area contributed by atoms with Crippen LogP contribution in [0.25, 0.3) is 21.8 Å². The minimum atomic E-state index is -1.53. The second-order valence-electron chi connectivity index (χ2n) is 5.77. The van der Waals surface area contributed by atoms with Crippen molar-refractivity contribution in [2.75, 3.05) is 0 Å². The summed E-state index contributed by atoms with van der Waals surface area (Å²) in [5.74, 6) is -6.32. The van der Waals surface area contributed by atoms with Crippen molar-refractivity contribution < 1.29 is 44.7 Å². The highest BCUT2D eigenvalue weighted by Gasteiger charge is 2.25.